The van der Waals surface area contributed by atoms with Crippen LogP contribution in [-0.4, -0.2) is 23.3 Å². The van der Waals surface area contributed by atoms with Gasteiger partial charge < -0.3 is 4.90 Å². The van der Waals surface area contributed by atoms with Crippen LogP contribution in [-0.2, 0) is 0 Å². The number of ketones is 1. The van der Waals surface area contributed by atoms with Gasteiger partial charge in [-0.05, 0) is 26.7 Å². The molecular weight excluding hydrogens is 264 g/mol. The third-order valence-corrected chi connectivity index (χ3v) is 4.81. The molecule has 1 unspecified atom stereocenters. The van der Waals surface area contributed by atoms with E-state index >= 15 is 0 Å². The smallest absolute Gasteiger partial charge is 0.304 e. The Morgan fingerprint density at radius 3 is 2.84 bits per heavy atom. The number of Topliss-reactive ketones (excluding diaryl/α,β-unsaturated/α-hetero) is 1. The number of nitro groups is 1. The van der Waals surface area contributed by atoms with Gasteiger partial charge in [0, 0.05) is 18.7 Å². The molecule has 1 saturated heterocycles. The largest absolute Gasteiger partial charge is 0.355 e. The molecule has 0 spiro atoms. The highest BCUT2D eigenvalue weighted by Crippen LogP contribution is 2.40. The van der Waals surface area contributed by atoms with E-state index in [0.29, 0.717) is 15.9 Å². The van der Waals surface area contributed by atoms with E-state index in [9.17, 15) is 14.9 Å². The van der Waals surface area contributed by atoms with E-state index in [0.717, 1.165) is 25.8 Å². The van der Waals surface area contributed by atoms with Crippen molar-refractivity contribution in [1.29, 1.82) is 0 Å². The summed E-state index contributed by atoms with van der Waals surface area (Å²) in [4.78, 5) is 24.8. The Hall–Kier alpha value is -1.43. The van der Waals surface area contributed by atoms with Gasteiger partial charge in [0.1, 0.15) is 0 Å². The first kappa shape index (κ1) is 14.0. The summed E-state index contributed by atoms with van der Waals surface area (Å²) in [5.41, 5.74) is 0.0731. The van der Waals surface area contributed by atoms with Crippen LogP contribution < -0.4 is 4.90 Å². The molecule has 0 radical (unpaired) electrons. The molecule has 0 N–H and O–H groups in total. The molecular formula is C13H18N2O3S. The molecule has 1 aromatic rings. The van der Waals surface area contributed by atoms with E-state index in [1.807, 2.05) is 0 Å². The molecule has 19 heavy (non-hydrogen) atoms. The lowest BCUT2D eigenvalue weighted by Crippen LogP contribution is -2.32. The second-order valence-corrected chi connectivity index (χ2v) is 6.04. The quantitative estimate of drug-likeness (QED) is 0.482. The Balaban J connectivity index is 2.41. The molecule has 0 amide bonds. The maximum Gasteiger partial charge on any atom is 0.304 e. The Morgan fingerprint density at radius 1 is 1.47 bits per heavy atom. The Labute approximate surface area is 116 Å². The van der Waals surface area contributed by atoms with Crippen LogP contribution in [0.25, 0.3) is 0 Å². The minimum absolute atomic E-state index is 0.0731. The summed E-state index contributed by atoms with van der Waals surface area (Å²) in [7, 11) is 0. The third-order valence-electron chi connectivity index (χ3n) is 3.55. The molecule has 2 rings (SSSR count). The summed E-state index contributed by atoms with van der Waals surface area (Å²) in [5.74, 6) is -0.109. The molecule has 1 aliphatic heterocycles. The van der Waals surface area contributed by atoms with Gasteiger partial charge in [-0.1, -0.05) is 12.8 Å². The van der Waals surface area contributed by atoms with Crippen LogP contribution in [0.15, 0.2) is 6.07 Å². The number of carbonyl (C=O) groups is 1. The van der Waals surface area contributed by atoms with Crippen molar-refractivity contribution < 1.29 is 9.72 Å². The second kappa shape index (κ2) is 5.69. The molecule has 0 aliphatic carbocycles. The monoisotopic (exact) mass is 282 g/mol. The Morgan fingerprint density at radius 2 is 2.21 bits per heavy atom. The molecule has 0 bridgehead atoms. The highest BCUT2D eigenvalue weighted by molar-refractivity contribution is 7.18. The van der Waals surface area contributed by atoms with Crippen LogP contribution in [0.3, 0.4) is 0 Å². The molecule has 0 saturated carbocycles. The van der Waals surface area contributed by atoms with Gasteiger partial charge in [0.15, 0.2) is 10.8 Å². The maximum absolute atomic E-state index is 11.4. The van der Waals surface area contributed by atoms with Gasteiger partial charge in [0.05, 0.1) is 9.80 Å². The van der Waals surface area contributed by atoms with Crippen molar-refractivity contribution in [2.24, 2.45) is 0 Å². The van der Waals surface area contributed by atoms with Crippen molar-refractivity contribution in [2.75, 3.05) is 11.4 Å². The van der Waals surface area contributed by atoms with Gasteiger partial charge in [-0.25, -0.2) is 0 Å². The predicted molar refractivity (Wildman–Crippen MR) is 76.3 cm³/mol. The van der Waals surface area contributed by atoms with E-state index in [1.165, 1.54) is 30.7 Å². The predicted octanol–water partition coefficient (Wildman–Crippen LogP) is 3.63. The zero-order valence-electron chi connectivity index (χ0n) is 11.2. The van der Waals surface area contributed by atoms with E-state index in [1.54, 1.807) is 0 Å². The highest BCUT2D eigenvalue weighted by atomic mass is 32.1. The fraction of sp³-hybridized carbons (Fsp3) is 0.615. The van der Waals surface area contributed by atoms with Crippen molar-refractivity contribution in [3.05, 3.63) is 21.1 Å². The summed E-state index contributed by atoms with van der Waals surface area (Å²) in [6.45, 7) is 4.38. The first-order valence-electron chi connectivity index (χ1n) is 6.56. The normalized spacial score (nSPS) is 20.1. The SMILES string of the molecule is CC(=O)c1cc([N+](=O)[O-])c(N2CCCCCC2C)s1. The minimum Gasteiger partial charge on any atom is -0.355 e. The van der Waals surface area contributed by atoms with Crippen molar-refractivity contribution in [1.82, 2.24) is 0 Å². The summed E-state index contributed by atoms with van der Waals surface area (Å²) in [5, 5.41) is 11.8. The summed E-state index contributed by atoms with van der Waals surface area (Å²) < 4.78 is 0. The van der Waals surface area contributed by atoms with Gasteiger partial charge in [0.2, 0.25) is 0 Å². The van der Waals surface area contributed by atoms with Gasteiger partial charge >= 0.3 is 5.69 Å². The summed E-state index contributed by atoms with van der Waals surface area (Å²) >= 11 is 1.25. The second-order valence-electron chi connectivity index (χ2n) is 5.01. The zero-order valence-corrected chi connectivity index (χ0v) is 12.0. The Kier molecular flexibility index (Phi) is 4.19. The summed E-state index contributed by atoms with van der Waals surface area (Å²) in [6, 6.07) is 1.71. The van der Waals surface area contributed by atoms with Crippen LogP contribution in [0.1, 0.15) is 49.2 Å². The van der Waals surface area contributed by atoms with Crippen LogP contribution in [0.4, 0.5) is 10.7 Å². The zero-order chi connectivity index (χ0) is 14.0. The van der Waals surface area contributed by atoms with Crippen molar-refractivity contribution in [2.45, 2.75) is 45.6 Å². The van der Waals surface area contributed by atoms with E-state index in [4.69, 9.17) is 0 Å². The third kappa shape index (κ3) is 2.94. The molecule has 0 aromatic carbocycles. The lowest BCUT2D eigenvalue weighted by Gasteiger charge is -2.27. The molecule has 1 aromatic heterocycles. The first-order valence-corrected chi connectivity index (χ1v) is 7.38. The van der Waals surface area contributed by atoms with Gasteiger partial charge in [-0.15, -0.1) is 11.3 Å². The molecule has 5 nitrogen and oxygen atoms in total. The van der Waals surface area contributed by atoms with Crippen LogP contribution in [0, 0.1) is 10.1 Å². The van der Waals surface area contributed by atoms with Gasteiger partial charge in [-0.3, -0.25) is 14.9 Å². The minimum atomic E-state index is -0.379. The van der Waals surface area contributed by atoms with E-state index in [-0.39, 0.29) is 16.4 Å². The van der Waals surface area contributed by atoms with Crippen LogP contribution in [0.2, 0.25) is 0 Å². The fourth-order valence-electron chi connectivity index (χ4n) is 2.46. The maximum atomic E-state index is 11.4. The lowest BCUT2D eigenvalue weighted by molar-refractivity contribution is -0.383. The molecule has 2 heterocycles. The van der Waals surface area contributed by atoms with Crippen LogP contribution >= 0.6 is 11.3 Å². The summed E-state index contributed by atoms with van der Waals surface area (Å²) in [6.07, 6.45) is 4.43. The number of nitrogens with zero attached hydrogens (tertiary/aromatic N) is 2. The standard InChI is InChI=1S/C13H18N2O3S/c1-9-6-4-3-5-7-14(9)13-11(15(17)18)8-12(19-13)10(2)16/h8-9H,3-7H2,1-2H3. The number of hydrogen-bond donors (Lipinski definition) is 0. The average molecular weight is 282 g/mol. The lowest BCUT2D eigenvalue weighted by atomic mass is 10.1. The number of rotatable bonds is 3. The molecule has 1 aliphatic rings. The average Bonchev–Trinajstić information content (AvgIpc) is 2.68. The first-order chi connectivity index (χ1) is 9.00. The molecule has 1 fully saturated rings. The topological polar surface area (TPSA) is 63.4 Å². The molecule has 6 heteroatoms. The van der Waals surface area contributed by atoms with Crippen LogP contribution in [0.5, 0.6) is 0 Å². The number of hydrogen-bond acceptors (Lipinski definition) is 5. The fourth-order valence-corrected chi connectivity index (χ4v) is 3.61. The molecule has 104 valence electrons. The van der Waals surface area contributed by atoms with Crippen molar-refractivity contribution >= 4 is 27.8 Å². The van der Waals surface area contributed by atoms with Gasteiger partial charge in [0.25, 0.3) is 0 Å². The van der Waals surface area contributed by atoms with Gasteiger partial charge in [-0.2, -0.15) is 0 Å². The van der Waals surface area contributed by atoms with E-state index in [2.05, 4.69) is 11.8 Å². The van der Waals surface area contributed by atoms with E-state index < -0.39 is 0 Å². The number of thiophene rings is 1. The van der Waals surface area contributed by atoms with Crippen molar-refractivity contribution in [3.63, 3.8) is 0 Å². The highest BCUT2D eigenvalue weighted by Gasteiger charge is 2.28. The number of anilines is 1. The number of carbonyl (C=O) groups excluding carboxylic acids is 1. The Bertz CT molecular complexity index is 498. The van der Waals surface area contributed by atoms with Crippen molar-refractivity contribution in [3.8, 4) is 0 Å². The molecule has 1 atom stereocenters.